The standard InChI is InChI=1S/C13H24N2O3/c1-9(2)10(3)14-8-12(16)15-6-4-11(5-7-15)13(17)18/h9-11,14H,4-8H2,1-3H3,(H,17,18). The molecule has 1 fully saturated rings. The molecule has 5 heteroatoms. The van der Waals surface area contributed by atoms with E-state index in [1.807, 2.05) is 0 Å². The Kier molecular flexibility index (Phi) is 5.59. The van der Waals surface area contributed by atoms with Crippen molar-refractivity contribution in [2.24, 2.45) is 11.8 Å². The molecule has 0 aromatic rings. The van der Waals surface area contributed by atoms with Crippen LogP contribution >= 0.6 is 0 Å². The summed E-state index contributed by atoms with van der Waals surface area (Å²) in [6.45, 7) is 7.76. The molecule has 18 heavy (non-hydrogen) atoms. The lowest BCUT2D eigenvalue weighted by atomic mass is 9.97. The first-order valence-electron chi connectivity index (χ1n) is 6.65. The summed E-state index contributed by atoms with van der Waals surface area (Å²) in [5, 5.41) is 12.1. The van der Waals surface area contributed by atoms with E-state index in [2.05, 4.69) is 26.1 Å². The van der Waals surface area contributed by atoms with Crippen LogP contribution in [0.15, 0.2) is 0 Å². The first-order chi connectivity index (χ1) is 8.41. The van der Waals surface area contributed by atoms with Gasteiger partial charge in [0.2, 0.25) is 5.91 Å². The predicted octanol–water partition coefficient (Wildman–Crippen LogP) is 0.944. The molecule has 1 heterocycles. The Morgan fingerprint density at radius 2 is 1.83 bits per heavy atom. The van der Waals surface area contributed by atoms with E-state index in [1.54, 1.807) is 4.90 Å². The molecule has 0 spiro atoms. The highest BCUT2D eigenvalue weighted by Crippen LogP contribution is 2.17. The minimum Gasteiger partial charge on any atom is -0.481 e. The van der Waals surface area contributed by atoms with E-state index in [4.69, 9.17) is 5.11 Å². The van der Waals surface area contributed by atoms with Crippen LogP contribution in [0.4, 0.5) is 0 Å². The smallest absolute Gasteiger partial charge is 0.306 e. The second-order valence-corrected chi connectivity index (χ2v) is 5.41. The van der Waals surface area contributed by atoms with Gasteiger partial charge in [0.1, 0.15) is 0 Å². The number of hydrogen-bond acceptors (Lipinski definition) is 3. The van der Waals surface area contributed by atoms with Crippen LogP contribution in [0, 0.1) is 11.8 Å². The molecule has 1 rings (SSSR count). The Bertz CT molecular complexity index is 297. The monoisotopic (exact) mass is 256 g/mol. The normalized spacial score (nSPS) is 19.0. The first kappa shape index (κ1) is 15.0. The lowest BCUT2D eigenvalue weighted by Gasteiger charge is -2.30. The van der Waals surface area contributed by atoms with Gasteiger partial charge in [0, 0.05) is 19.1 Å². The molecule has 0 aromatic carbocycles. The van der Waals surface area contributed by atoms with E-state index in [0.29, 0.717) is 44.4 Å². The zero-order chi connectivity index (χ0) is 13.7. The van der Waals surface area contributed by atoms with Crippen molar-refractivity contribution in [1.82, 2.24) is 10.2 Å². The van der Waals surface area contributed by atoms with Crippen LogP contribution in [0.2, 0.25) is 0 Å². The van der Waals surface area contributed by atoms with E-state index in [-0.39, 0.29) is 11.8 Å². The second kappa shape index (κ2) is 6.73. The Morgan fingerprint density at radius 3 is 2.28 bits per heavy atom. The van der Waals surface area contributed by atoms with Crippen molar-refractivity contribution < 1.29 is 14.7 Å². The van der Waals surface area contributed by atoms with E-state index in [9.17, 15) is 9.59 Å². The van der Waals surface area contributed by atoms with Gasteiger partial charge >= 0.3 is 5.97 Å². The fourth-order valence-corrected chi connectivity index (χ4v) is 1.97. The van der Waals surface area contributed by atoms with Gasteiger partial charge in [-0.05, 0) is 25.7 Å². The molecule has 0 saturated carbocycles. The van der Waals surface area contributed by atoms with Gasteiger partial charge in [-0.15, -0.1) is 0 Å². The van der Waals surface area contributed by atoms with Crippen molar-refractivity contribution in [3.05, 3.63) is 0 Å². The average molecular weight is 256 g/mol. The molecule has 104 valence electrons. The first-order valence-corrected chi connectivity index (χ1v) is 6.65. The fourth-order valence-electron chi connectivity index (χ4n) is 1.97. The number of piperidine rings is 1. The van der Waals surface area contributed by atoms with Crippen LogP contribution < -0.4 is 5.32 Å². The number of aliphatic carboxylic acids is 1. The summed E-state index contributed by atoms with van der Waals surface area (Å²) >= 11 is 0. The molecule has 1 aliphatic rings. The number of carboxylic acids is 1. The minimum absolute atomic E-state index is 0.0753. The SMILES string of the molecule is CC(C)C(C)NCC(=O)N1CCC(C(=O)O)CC1. The van der Waals surface area contributed by atoms with Crippen LogP contribution in [0.25, 0.3) is 0 Å². The maximum Gasteiger partial charge on any atom is 0.306 e. The number of rotatable bonds is 5. The van der Waals surface area contributed by atoms with Gasteiger partial charge in [0.25, 0.3) is 0 Å². The van der Waals surface area contributed by atoms with Crippen molar-refractivity contribution >= 4 is 11.9 Å². The summed E-state index contributed by atoms with van der Waals surface area (Å²) in [6.07, 6.45) is 1.14. The largest absolute Gasteiger partial charge is 0.481 e. The van der Waals surface area contributed by atoms with Gasteiger partial charge in [-0.25, -0.2) is 0 Å². The molecule has 1 amide bonds. The van der Waals surface area contributed by atoms with Gasteiger partial charge in [-0.2, -0.15) is 0 Å². The Hall–Kier alpha value is -1.10. The summed E-state index contributed by atoms with van der Waals surface area (Å²) < 4.78 is 0. The fraction of sp³-hybridized carbons (Fsp3) is 0.846. The van der Waals surface area contributed by atoms with E-state index in [1.165, 1.54) is 0 Å². The highest BCUT2D eigenvalue weighted by atomic mass is 16.4. The van der Waals surface area contributed by atoms with Crippen molar-refractivity contribution in [2.75, 3.05) is 19.6 Å². The maximum atomic E-state index is 11.9. The predicted molar refractivity (Wildman–Crippen MR) is 69.2 cm³/mol. The highest BCUT2D eigenvalue weighted by Gasteiger charge is 2.26. The lowest BCUT2D eigenvalue weighted by Crippen LogP contribution is -2.46. The van der Waals surface area contributed by atoms with Crippen molar-refractivity contribution in [2.45, 2.75) is 39.7 Å². The summed E-state index contributed by atoms with van der Waals surface area (Å²) in [6, 6.07) is 0.311. The number of carbonyl (C=O) groups is 2. The third-order valence-electron chi connectivity index (χ3n) is 3.77. The topological polar surface area (TPSA) is 69.6 Å². The van der Waals surface area contributed by atoms with Crippen LogP contribution in [0.5, 0.6) is 0 Å². The third-order valence-corrected chi connectivity index (χ3v) is 3.77. The number of amides is 1. The molecule has 0 aromatic heterocycles. The summed E-state index contributed by atoms with van der Waals surface area (Å²) in [4.78, 5) is 24.5. The summed E-state index contributed by atoms with van der Waals surface area (Å²) in [5.41, 5.74) is 0. The van der Waals surface area contributed by atoms with Crippen molar-refractivity contribution in [3.63, 3.8) is 0 Å². The number of carboxylic acid groups (broad SMARTS) is 1. The molecule has 0 radical (unpaired) electrons. The van der Waals surface area contributed by atoms with E-state index >= 15 is 0 Å². The van der Waals surface area contributed by atoms with Crippen molar-refractivity contribution in [1.29, 1.82) is 0 Å². The zero-order valence-corrected chi connectivity index (χ0v) is 11.5. The Balaban J connectivity index is 2.30. The molecule has 2 N–H and O–H groups in total. The number of carbonyl (C=O) groups excluding carboxylic acids is 1. The van der Waals surface area contributed by atoms with Gasteiger partial charge in [-0.1, -0.05) is 13.8 Å². The lowest BCUT2D eigenvalue weighted by molar-refractivity contribution is -0.145. The molecule has 0 bridgehead atoms. The van der Waals surface area contributed by atoms with Gasteiger partial charge < -0.3 is 15.3 Å². The average Bonchev–Trinajstić information content (AvgIpc) is 2.35. The zero-order valence-electron chi connectivity index (χ0n) is 11.5. The van der Waals surface area contributed by atoms with Gasteiger partial charge in [0.05, 0.1) is 12.5 Å². The molecule has 1 aliphatic heterocycles. The molecular weight excluding hydrogens is 232 g/mol. The van der Waals surface area contributed by atoms with Gasteiger partial charge in [0.15, 0.2) is 0 Å². The number of nitrogens with zero attached hydrogens (tertiary/aromatic N) is 1. The molecule has 5 nitrogen and oxygen atoms in total. The molecular formula is C13H24N2O3. The summed E-state index contributed by atoms with van der Waals surface area (Å²) in [5.74, 6) is -0.452. The van der Waals surface area contributed by atoms with Crippen LogP contribution in [-0.4, -0.2) is 47.6 Å². The molecule has 1 atom stereocenters. The van der Waals surface area contributed by atoms with E-state index in [0.717, 1.165) is 0 Å². The number of hydrogen-bond donors (Lipinski definition) is 2. The van der Waals surface area contributed by atoms with Crippen LogP contribution in [0.1, 0.15) is 33.6 Å². The van der Waals surface area contributed by atoms with Gasteiger partial charge in [-0.3, -0.25) is 9.59 Å². The Labute approximate surface area is 109 Å². The molecule has 0 aliphatic carbocycles. The van der Waals surface area contributed by atoms with E-state index < -0.39 is 5.97 Å². The van der Waals surface area contributed by atoms with Crippen LogP contribution in [-0.2, 0) is 9.59 Å². The number of likely N-dealkylation sites (tertiary alicyclic amines) is 1. The Morgan fingerprint density at radius 1 is 1.28 bits per heavy atom. The summed E-state index contributed by atoms with van der Waals surface area (Å²) in [7, 11) is 0. The highest BCUT2D eigenvalue weighted by molar-refractivity contribution is 5.79. The van der Waals surface area contributed by atoms with Crippen LogP contribution in [0.3, 0.4) is 0 Å². The molecule has 1 unspecified atom stereocenters. The quantitative estimate of drug-likeness (QED) is 0.768. The minimum atomic E-state index is -0.742. The number of nitrogens with one attached hydrogen (secondary N) is 1. The maximum absolute atomic E-state index is 11.9. The third kappa shape index (κ3) is 4.29. The molecule has 1 saturated heterocycles. The van der Waals surface area contributed by atoms with Crippen molar-refractivity contribution in [3.8, 4) is 0 Å². The second-order valence-electron chi connectivity index (χ2n) is 5.41.